The van der Waals surface area contributed by atoms with E-state index in [1.54, 1.807) is 6.07 Å². The van der Waals surface area contributed by atoms with Crippen LogP contribution < -0.4 is 5.32 Å². The van der Waals surface area contributed by atoms with Crippen LogP contribution in [0.25, 0.3) is 0 Å². The predicted molar refractivity (Wildman–Crippen MR) is 87.2 cm³/mol. The maximum absolute atomic E-state index is 13.9. The number of halogens is 2. The summed E-state index contributed by atoms with van der Waals surface area (Å²) < 4.78 is 19.9. The van der Waals surface area contributed by atoms with E-state index < -0.39 is 11.7 Å². The zero-order chi connectivity index (χ0) is 16.3. The summed E-state index contributed by atoms with van der Waals surface area (Å²) in [6.45, 7) is 7.55. The third-order valence-corrected chi connectivity index (χ3v) is 4.18. The molecule has 1 N–H and O–H groups in total. The summed E-state index contributed by atoms with van der Waals surface area (Å²) in [6, 6.07) is 5.03. The van der Waals surface area contributed by atoms with Gasteiger partial charge in [0.15, 0.2) is 0 Å². The highest BCUT2D eigenvalue weighted by Gasteiger charge is 2.26. The Labute approximate surface area is 139 Å². The lowest BCUT2D eigenvalue weighted by atomic mass is 10.2. The molecule has 2 rings (SSSR count). The summed E-state index contributed by atoms with van der Waals surface area (Å²) in [5.41, 5.74) is 0.154. The minimum atomic E-state index is -0.500. The molecule has 0 aromatic heterocycles. The van der Waals surface area contributed by atoms with Gasteiger partial charge >= 0.3 is 6.09 Å². The van der Waals surface area contributed by atoms with Crippen molar-refractivity contribution in [1.29, 1.82) is 0 Å². The van der Waals surface area contributed by atoms with Crippen molar-refractivity contribution in [2.24, 2.45) is 0 Å². The first-order chi connectivity index (χ1) is 10.2. The van der Waals surface area contributed by atoms with Gasteiger partial charge in [0.05, 0.1) is 0 Å². The molecule has 0 bridgehead atoms. The molecule has 1 saturated heterocycles. The fourth-order valence-electron chi connectivity index (χ4n) is 2.48. The zero-order valence-electron chi connectivity index (χ0n) is 13.2. The molecule has 1 aromatic carbocycles. The number of nitrogens with one attached hydrogen (secondary N) is 1. The Hall–Kier alpha value is -1.14. The van der Waals surface area contributed by atoms with E-state index in [0.717, 1.165) is 17.4 Å². The van der Waals surface area contributed by atoms with Gasteiger partial charge in [0.25, 0.3) is 0 Å². The van der Waals surface area contributed by atoms with Crippen LogP contribution in [0.1, 0.15) is 32.8 Å². The second kappa shape index (κ2) is 6.96. The molecule has 0 aliphatic carbocycles. The number of ether oxygens (including phenoxy) is 1. The van der Waals surface area contributed by atoms with Crippen molar-refractivity contribution >= 4 is 22.0 Å². The SMILES string of the molecule is CC(C)(C)OC(=O)NC1CCN(Cc2c(F)cccc2Br)C1. The summed E-state index contributed by atoms with van der Waals surface area (Å²) in [5, 5.41) is 2.87. The highest BCUT2D eigenvalue weighted by molar-refractivity contribution is 9.10. The molecule has 1 atom stereocenters. The van der Waals surface area contributed by atoms with Gasteiger partial charge < -0.3 is 10.1 Å². The van der Waals surface area contributed by atoms with E-state index in [0.29, 0.717) is 18.7 Å². The molecule has 0 radical (unpaired) electrons. The summed E-state index contributed by atoms with van der Waals surface area (Å²) in [5.74, 6) is -0.210. The van der Waals surface area contributed by atoms with E-state index >= 15 is 0 Å². The first-order valence-electron chi connectivity index (χ1n) is 7.39. The van der Waals surface area contributed by atoms with E-state index in [-0.39, 0.29) is 11.9 Å². The number of alkyl carbamates (subject to hydrolysis) is 1. The summed E-state index contributed by atoms with van der Waals surface area (Å²) in [6.07, 6.45) is 0.442. The number of likely N-dealkylation sites (tertiary alicyclic amines) is 1. The van der Waals surface area contributed by atoms with Gasteiger partial charge in [-0.2, -0.15) is 0 Å². The van der Waals surface area contributed by atoms with Gasteiger partial charge in [0.2, 0.25) is 0 Å². The van der Waals surface area contributed by atoms with Crippen LogP contribution in [0.5, 0.6) is 0 Å². The summed E-state index contributed by atoms with van der Waals surface area (Å²) in [4.78, 5) is 13.9. The fourth-order valence-corrected chi connectivity index (χ4v) is 2.94. The number of hydrogen-bond acceptors (Lipinski definition) is 3. The number of hydrogen-bond donors (Lipinski definition) is 1. The Balaban J connectivity index is 1.87. The lowest BCUT2D eigenvalue weighted by Crippen LogP contribution is -2.40. The predicted octanol–water partition coefficient (Wildman–Crippen LogP) is 3.69. The minimum Gasteiger partial charge on any atom is -0.444 e. The van der Waals surface area contributed by atoms with Crippen LogP contribution in [0.3, 0.4) is 0 Å². The molecule has 0 spiro atoms. The van der Waals surface area contributed by atoms with Crippen molar-refractivity contribution in [2.75, 3.05) is 13.1 Å². The quantitative estimate of drug-likeness (QED) is 0.879. The number of benzene rings is 1. The minimum absolute atomic E-state index is 0.0420. The standard InChI is InChI=1S/C16H22BrFN2O2/c1-16(2,3)22-15(21)19-11-7-8-20(9-11)10-12-13(17)5-4-6-14(12)18/h4-6,11H,7-10H2,1-3H3,(H,19,21). The van der Waals surface area contributed by atoms with E-state index in [1.807, 2.05) is 26.8 Å². The normalized spacial score (nSPS) is 19.2. The van der Waals surface area contributed by atoms with Gasteiger partial charge in [0, 0.05) is 35.7 Å². The van der Waals surface area contributed by atoms with Gasteiger partial charge in [-0.15, -0.1) is 0 Å². The second-order valence-electron chi connectivity index (χ2n) is 6.57. The van der Waals surface area contributed by atoms with Crippen LogP contribution in [0.2, 0.25) is 0 Å². The van der Waals surface area contributed by atoms with Crippen molar-refractivity contribution in [3.63, 3.8) is 0 Å². The summed E-state index contributed by atoms with van der Waals surface area (Å²) >= 11 is 3.39. The molecule has 1 amide bonds. The molecule has 1 aliphatic rings. The molecule has 1 heterocycles. The highest BCUT2D eigenvalue weighted by Crippen LogP contribution is 2.23. The average molecular weight is 373 g/mol. The Morgan fingerprint density at radius 3 is 2.86 bits per heavy atom. The maximum atomic E-state index is 13.9. The van der Waals surface area contributed by atoms with Gasteiger partial charge in [-0.25, -0.2) is 9.18 Å². The van der Waals surface area contributed by atoms with Crippen LogP contribution in [0, 0.1) is 5.82 Å². The number of amides is 1. The van der Waals surface area contributed by atoms with Crippen LogP contribution in [-0.4, -0.2) is 35.7 Å². The Morgan fingerprint density at radius 1 is 1.50 bits per heavy atom. The van der Waals surface area contributed by atoms with E-state index in [2.05, 4.69) is 26.1 Å². The average Bonchev–Trinajstić information content (AvgIpc) is 2.79. The van der Waals surface area contributed by atoms with Crippen LogP contribution in [0.15, 0.2) is 22.7 Å². The number of carbonyl (C=O) groups is 1. The molecule has 0 saturated carbocycles. The topological polar surface area (TPSA) is 41.6 Å². The molecule has 1 fully saturated rings. The number of rotatable bonds is 3. The van der Waals surface area contributed by atoms with Crippen LogP contribution in [-0.2, 0) is 11.3 Å². The number of carbonyl (C=O) groups excluding carboxylic acids is 1. The van der Waals surface area contributed by atoms with Gasteiger partial charge in [-0.1, -0.05) is 22.0 Å². The van der Waals surface area contributed by atoms with Crippen molar-refractivity contribution in [3.8, 4) is 0 Å². The Bertz CT molecular complexity index is 525. The Kier molecular flexibility index (Phi) is 5.45. The Morgan fingerprint density at radius 2 is 2.23 bits per heavy atom. The van der Waals surface area contributed by atoms with E-state index in [4.69, 9.17) is 4.74 Å². The monoisotopic (exact) mass is 372 g/mol. The van der Waals surface area contributed by atoms with Crippen molar-refractivity contribution in [1.82, 2.24) is 10.2 Å². The van der Waals surface area contributed by atoms with Gasteiger partial charge in [-0.05, 0) is 39.3 Å². The van der Waals surface area contributed by atoms with Crippen LogP contribution in [0.4, 0.5) is 9.18 Å². The second-order valence-corrected chi connectivity index (χ2v) is 7.42. The molecular formula is C16H22BrFN2O2. The lowest BCUT2D eigenvalue weighted by Gasteiger charge is -2.22. The van der Waals surface area contributed by atoms with Gasteiger partial charge in [-0.3, -0.25) is 4.90 Å². The lowest BCUT2D eigenvalue weighted by molar-refractivity contribution is 0.0505. The van der Waals surface area contributed by atoms with Crippen LogP contribution >= 0.6 is 15.9 Å². The first-order valence-corrected chi connectivity index (χ1v) is 8.18. The maximum Gasteiger partial charge on any atom is 0.407 e. The zero-order valence-corrected chi connectivity index (χ0v) is 14.7. The molecule has 122 valence electrons. The van der Waals surface area contributed by atoms with E-state index in [9.17, 15) is 9.18 Å². The number of nitrogens with zero attached hydrogens (tertiary/aromatic N) is 1. The van der Waals surface area contributed by atoms with E-state index in [1.165, 1.54) is 6.07 Å². The molecule has 4 nitrogen and oxygen atoms in total. The molecule has 6 heteroatoms. The van der Waals surface area contributed by atoms with Crippen molar-refractivity contribution in [2.45, 2.75) is 45.4 Å². The third kappa shape index (κ3) is 4.95. The molecule has 1 aliphatic heterocycles. The largest absolute Gasteiger partial charge is 0.444 e. The third-order valence-electron chi connectivity index (χ3n) is 3.44. The summed E-state index contributed by atoms with van der Waals surface area (Å²) in [7, 11) is 0. The molecular weight excluding hydrogens is 351 g/mol. The smallest absolute Gasteiger partial charge is 0.407 e. The van der Waals surface area contributed by atoms with Gasteiger partial charge in [0.1, 0.15) is 11.4 Å². The fraction of sp³-hybridized carbons (Fsp3) is 0.562. The van der Waals surface area contributed by atoms with Crippen molar-refractivity contribution in [3.05, 3.63) is 34.1 Å². The highest BCUT2D eigenvalue weighted by atomic mass is 79.9. The molecule has 22 heavy (non-hydrogen) atoms. The molecule has 1 aromatic rings. The molecule has 1 unspecified atom stereocenters. The first kappa shape index (κ1) is 17.2. The van der Waals surface area contributed by atoms with Crippen molar-refractivity contribution < 1.29 is 13.9 Å².